The van der Waals surface area contributed by atoms with E-state index < -0.39 is 0 Å². The lowest BCUT2D eigenvalue weighted by molar-refractivity contribution is -0.0267. The van der Waals surface area contributed by atoms with Crippen LogP contribution in [0.5, 0.6) is 0 Å². The molecule has 2 aromatic rings. The first-order valence-electron chi connectivity index (χ1n) is 7.35. The molecule has 8 nitrogen and oxygen atoms in total. The van der Waals surface area contributed by atoms with Crippen LogP contribution in [0.1, 0.15) is 46.5 Å². The van der Waals surface area contributed by atoms with Crippen LogP contribution in [-0.4, -0.2) is 50.8 Å². The molecule has 1 N–H and O–H groups in total. The van der Waals surface area contributed by atoms with Gasteiger partial charge in [-0.2, -0.15) is 5.10 Å². The number of aryl methyl sites for hydroxylation is 3. The molecule has 2 aromatic heterocycles. The van der Waals surface area contributed by atoms with Crippen molar-refractivity contribution in [2.75, 3.05) is 19.7 Å². The van der Waals surface area contributed by atoms with E-state index in [4.69, 9.17) is 9.26 Å². The molecular weight excluding hydrogens is 286 g/mol. The second kappa shape index (κ2) is 5.88. The molecule has 0 saturated carbocycles. The number of rotatable bonds is 3. The molecule has 0 aliphatic carbocycles. The molecule has 1 saturated heterocycles. The number of carbonyl (C=O) groups excluding carboxylic acids is 1. The predicted octanol–water partition coefficient (Wildman–Crippen LogP) is 1.19. The molecule has 0 radical (unpaired) electrons. The summed E-state index contributed by atoms with van der Waals surface area (Å²) in [6.45, 7) is 6.95. The summed E-state index contributed by atoms with van der Waals surface area (Å²) in [6, 6.07) is 0. The van der Waals surface area contributed by atoms with E-state index in [0.717, 1.165) is 5.82 Å². The fourth-order valence-electron chi connectivity index (χ4n) is 2.59. The van der Waals surface area contributed by atoms with Crippen LogP contribution in [0.4, 0.5) is 0 Å². The molecule has 1 aliphatic rings. The van der Waals surface area contributed by atoms with Gasteiger partial charge >= 0.3 is 0 Å². The maximum atomic E-state index is 12.8. The van der Waals surface area contributed by atoms with Crippen LogP contribution >= 0.6 is 0 Å². The highest BCUT2D eigenvalue weighted by molar-refractivity contribution is 5.96. The number of hydrogen-bond acceptors (Lipinski definition) is 6. The summed E-state index contributed by atoms with van der Waals surface area (Å²) in [5.74, 6) is 1.78. The first-order valence-corrected chi connectivity index (χ1v) is 7.35. The molecule has 0 aromatic carbocycles. The third kappa shape index (κ3) is 2.61. The Labute approximate surface area is 127 Å². The first kappa shape index (κ1) is 14.7. The van der Waals surface area contributed by atoms with Crippen molar-refractivity contribution in [1.29, 1.82) is 0 Å². The van der Waals surface area contributed by atoms with E-state index in [1.165, 1.54) is 0 Å². The Morgan fingerprint density at radius 1 is 1.45 bits per heavy atom. The van der Waals surface area contributed by atoms with Crippen LogP contribution < -0.4 is 0 Å². The first-order chi connectivity index (χ1) is 10.6. The van der Waals surface area contributed by atoms with E-state index in [1.807, 2.05) is 13.8 Å². The molecule has 3 rings (SSSR count). The lowest BCUT2D eigenvalue weighted by Gasteiger charge is -2.31. The minimum Gasteiger partial charge on any atom is -0.366 e. The number of nitrogens with zero attached hydrogens (tertiary/aromatic N) is 4. The normalized spacial score (nSPS) is 18.7. The number of H-pyrrole nitrogens is 1. The maximum Gasteiger partial charge on any atom is 0.259 e. The molecule has 1 atom stereocenters. The number of aromatic nitrogens is 4. The highest BCUT2D eigenvalue weighted by Crippen LogP contribution is 2.23. The van der Waals surface area contributed by atoms with Gasteiger partial charge in [0, 0.05) is 6.54 Å². The van der Waals surface area contributed by atoms with Crippen LogP contribution in [-0.2, 0) is 11.2 Å². The van der Waals surface area contributed by atoms with E-state index in [0.29, 0.717) is 49.0 Å². The van der Waals surface area contributed by atoms with Crippen molar-refractivity contribution in [1.82, 2.24) is 25.2 Å². The lowest BCUT2D eigenvalue weighted by atomic mass is 10.1. The number of nitrogens with one attached hydrogen (secondary N) is 1. The van der Waals surface area contributed by atoms with Crippen molar-refractivity contribution in [3.63, 3.8) is 0 Å². The zero-order valence-electron chi connectivity index (χ0n) is 12.9. The van der Waals surface area contributed by atoms with Crippen LogP contribution in [0.3, 0.4) is 0 Å². The number of amides is 1. The largest absolute Gasteiger partial charge is 0.366 e. The summed E-state index contributed by atoms with van der Waals surface area (Å²) in [7, 11) is 0. The average molecular weight is 305 g/mol. The van der Waals surface area contributed by atoms with Crippen LogP contribution in [0.25, 0.3) is 0 Å². The van der Waals surface area contributed by atoms with E-state index in [2.05, 4.69) is 20.3 Å². The standard InChI is InChI=1S/C14H19N5O3/c1-4-10-12(8(2)22-18-10)14(20)19-5-6-21-11(7-19)13-15-9(3)16-17-13/h11H,4-7H2,1-3H3,(H,15,16,17)/t11-/m0/s1. The van der Waals surface area contributed by atoms with Gasteiger partial charge in [-0.3, -0.25) is 9.89 Å². The van der Waals surface area contributed by atoms with E-state index >= 15 is 0 Å². The second-order valence-corrected chi connectivity index (χ2v) is 5.30. The van der Waals surface area contributed by atoms with Gasteiger partial charge in [0.05, 0.1) is 18.8 Å². The summed E-state index contributed by atoms with van der Waals surface area (Å²) in [6.07, 6.45) is 0.347. The van der Waals surface area contributed by atoms with Crippen molar-refractivity contribution >= 4 is 5.91 Å². The van der Waals surface area contributed by atoms with E-state index in [-0.39, 0.29) is 12.0 Å². The van der Waals surface area contributed by atoms with Crippen molar-refractivity contribution in [3.05, 3.63) is 28.7 Å². The Balaban J connectivity index is 1.79. The zero-order valence-corrected chi connectivity index (χ0v) is 12.9. The Morgan fingerprint density at radius 3 is 2.95 bits per heavy atom. The van der Waals surface area contributed by atoms with Crippen LogP contribution in [0.2, 0.25) is 0 Å². The predicted molar refractivity (Wildman–Crippen MR) is 76.3 cm³/mol. The third-order valence-corrected chi connectivity index (χ3v) is 3.74. The highest BCUT2D eigenvalue weighted by Gasteiger charge is 2.31. The smallest absolute Gasteiger partial charge is 0.259 e. The van der Waals surface area contributed by atoms with E-state index in [1.54, 1.807) is 11.8 Å². The van der Waals surface area contributed by atoms with E-state index in [9.17, 15) is 4.79 Å². The number of ether oxygens (including phenoxy) is 1. The molecule has 0 spiro atoms. The minimum absolute atomic E-state index is 0.0730. The Kier molecular flexibility index (Phi) is 3.93. The lowest BCUT2D eigenvalue weighted by Crippen LogP contribution is -2.43. The molecule has 0 unspecified atom stereocenters. The van der Waals surface area contributed by atoms with Gasteiger partial charge < -0.3 is 14.2 Å². The maximum absolute atomic E-state index is 12.8. The zero-order chi connectivity index (χ0) is 15.7. The molecule has 3 heterocycles. The van der Waals surface area contributed by atoms with Gasteiger partial charge in [0.1, 0.15) is 23.3 Å². The van der Waals surface area contributed by atoms with Gasteiger partial charge in [0.2, 0.25) is 0 Å². The Hall–Kier alpha value is -2.22. The van der Waals surface area contributed by atoms with Gasteiger partial charge in [-0.05, 0) is 20.3 Å². The van der Waals surface area contributed by atoms with Crippen LogP contribution in [0, 0.1) is 13.8 Å². The topological polar surface area (TPSA) is 97.1 Å². The monoisotopic (exact) mass is 305 g/mol. The summed E-state index contributed by atoms with van der Waals surface area (Å²) in [5.41, 5.74) is 1.26. The van der Waals surface area contributed by atoms with Gasteiger partial charge in [-0.15, -0.1) is 0 Å². The van der Waals surface area contributed by atoms with Crippen LogP contribution in [0.15, 0.2) is 4.52 Å². The summed E-state index contributed by atoms with van der Waals surface area (Å²) in [5, 5.41) is 10.9. The molecule has 0 bridgehead atoms. The van der Waals surface area contributed by atoms with Crippen molar-refractivity contribution in [2.45, 2.75) is 33.3 Å². The van der Waals surface area contributed by atoms with Crippen molar-refractivity contribution in [2.24, 2.45) is 0 Å². The molecular formula is C14H19N5O3. The Bertz CT molecular complexity index is 678. The fourth-order valence-corrected chi connectivity index (χ4v) is 2.59. The number of aromatic amines is 1. The second-order valence-electron chi connectivity index (χ2n) is 5.30. The summed E-state index contributed by atoms with van der Waals surface area (Å²) < 4.78 is 10.8. The van der Waals surface area contributed by atoms with Gasteiger partial charge in [0.25, 0.3) is 5.91 Å². The van der Waals surface area contributed by atoms with Crippen molar-refractivity contribution < 1.29 is 14.1 Å². The molecule has 1 aliphatic heterocycles. The van der Waals surface area contributed by atoms with Gasteiger partial charge in [-0.1, -0.05) is 12.1 Å². The van der Waals surface area contributed by atoms with Crippen molar-refractivity contribution in [3.8, 4) is 0 Å². The fraction of sp³-hybridized carbons (Fsp3) is 0.571. The number of carbonyl (C=O) groups is 1. The number of hydrogen-bond donors (Lipinski definition) is 1. The molecule has 118 valence electrons. The SMILES string of the molecule is CCc1noc(C)c1C(=O)N1CCO[C@H](c2n[nH]c(C)n2)C1. The van der Waals surface area contributed by atoms with Gasteiger partial charge in [0.15, 0.2) is 5.82 Å². The average Bonchev–Trinajstić information content (AvgIpc) is 3.12. The van der Waals surface area contributed by atoms with Gasteiger partial charge in [-0.25, -0.2) is 4.98 Å². The minimum atomic E-state index is -0.312. The third-order valence-electron chi connectivity index (χ3n) is 3.74. The summed E-state index contributed by atoms with van der Waals surface area (Å²) in [4.78, 5) is 18.8. The Morgan fingerprint density at radius 2 is 2.27 bits per heavy atom. The quantitative estimate of drug-likeness (QED) is 0.914. The summed E-state index contributed by atoms with van der Waals surface area (Å²) >= 11 is 0. The number of morpholine rings is 1. The molecule has 22 heavy (non-hydrogen) atoms. The molecule has 8 heteroatoms. The molecule has 1 fully saturated rings. The highest BCUT2D eigenvalue weighted by atomic mass is 16.5. The molecule has 1 amide bonds.